The summed E-state index contributed by atoms with van der Waals surface area (Å²) in [6.45, 7) is 3.91. The Balaban J connectivity index is 1.73. The molecule has 0 amide bonds. The van der Waals surface area contributed by atoms with Crippen LogP contribution in [0.5, 0.6) is 0 Å². The van der Waals surface area contributed by atoms with Crippen LogP contribution in [0.15, 0.2) is 28.7 Å². The van der Waals surface area contributed by atoms with E-state index in [0.717, 1.165) is 0 Å². The van der Waals surface area contributed by atoms with Crippen LogP contribution in [0.1, 0.15) is 24.8 Å². The molecule has 82 valence electrons. The van der Waals surface area contributed by atoms with Crippen LogP contribution < -0.4 is 0 Å². The topological polar surface area (TPSA) is 3.24 Å². The first-order valence-electron chi connectivity index (χ1n) is 5.81. The van der Waals surface area contributed by atoms with Crippen molar-refractivity contribution in [2.45, 2.75) is 25.7 Å². The fourth-order valence-electron chi connectivity index (χ4n) is 2.21. The Bertz CT molecular complexity index is 305. The second-order valence-electron chi connectivity index (χ2n) is 4.28. The fraction of sp³-hybridized carbons (Fsp3) is 0.538. The molecule has 0 aromatic heterocycles. The van der Waals surface area contributed by atoms with Gasteiger partial charge in [0.1, 0.15) is 0 Å². The maximum Gasteiger partial charge on any atom is 0.0177 e. The maximum atomic E-state index is 3.51. The van der Waals surface area contributed by atoms with Gasteiger partial charge in [0.05, 0.1) is 0 Å². The molecule has 1 heterocycles. The number of nitrogens with zero attached hydrogens (tertiary/aromatic N) is 1. The van der Waals surface area contributed by atoms with Gasteiger partial charge in [0, 0.05) is 4.47 Å². The summed E-state index contributed by atoms with van der Waals surface area (Å²) in [6, 6.07) is 8.65. The molecule has 0 saturated carbocycles. The highest BCUT2D eigenvalue weighted by Gasteiger charge is 2.10. The first kappa shape index (κ1) is 11.2. The van der Waals surface area contributed by atoms with Crippen LogP contribution in [0.2, 0.25) is 0 Å². The van der Waals surface area contributed by atoms with Crippen molar-refractivity contribution in [3.05, 3.63) is 34.3 Å². The predicted octanol–water partition coefficient (Wildman–Crippen LogP) is 3.48. The summed E-state index contributed by atoms with van der Waals surface area (Å²) in [5.74, 6) is 0. The minimum atomic E-state index is 1.20. The molecule has 2 heteroatoms. The van der Waals surface area contributed by atoms with Crippen LogP contribution in [0, 0.1) is 0 Å². The average molecular weight is 268 g/mol. The molecule has 1 saturated heterocycles. The number of hydrogen-bond donors (Lipinski definition) is 0. The highest BCUT2D eigenvalue weighted by atomic mass is 79.9. The van der Waals surface area contributed by atoms with E-state index >= 15 is 0 Å². The summed E-state index contributed by atoms with van der Waals surface area (Å²) in [6.07, 6.45) is 5.29. The Morgan fingerprint density at radius 3 is 2.73 bits per heavy atom. The van der Waals surface area contributed by atoms with Gasteiger partial charge in [0.25, 0.3) is 0 Å². The molecule has 1 aliphatic heterocycles. The van der Waals surface area contributed by atoms with Crippen LogP contribution in [0.4, 0.5) is 0 Å². The lowest BCUT2D eigenvalue weighted by atomic mass is 10.1. The highest BCUT2D eigenvalue weighted by molar-refractivity contribution is 9.10. The van der Waals surface area contributed by atoms with Crippen molar-refractivity contribution in [1.29, 1.82) is 0 Å². The second kappa shape index (κ2) is 5.66. The molecule has 1 nitrogen and oxygen atoms in total. The van der Waals surface area contributed by atoms with Gasteiger partial charge < -0.3 is 4.90 Å². The summed E-state index contributed by atoms with van der Waals surface area (Å²) in [4.78, 5) is 2.58. The van der Waals surface area contributed by atoms with E-state index < -0.39 is 0 Å². The van der Waals surface area contributed by atoms with E-state index in [-0.39, 0.29) is 0 Å². The molecule has 1 aromatic rings. The van der Waals surface area contributed by atoms with Crippen molar-refractivity contribution in [3.63, 3.8) is 0 Å². The molecule has 2 rings (SSSR count). The molecule has 0 spiro atoms. The Morgan fingerprint density at radius 1 is 1.20 bits per heavy atom. The van der Waals surface area contributed by atoms with Crippen molar-refractivity contribution >= 4 is 15.9 Å². The summed E-state index contributed by atoms with van der Waals surface area (Å²) < 4.78 is 1.20. The minimum absolute atomic E-state index is 1.20. The molecule has 0 N–H and O–H groups in total. The standard InChI is InChI=1S/C13H18BrN/c14-13-7-3-5-12(11-13)6-4-10-15-8-1-2-9-15/h3,5,7,11H,1-2,4,6,8-10H2. The van der Waals surface area contributed by atoms with E-state index in [1.807, 2.05) is 0 Å². The lowest BCUT2D eigenvalue weighted by Gasteiger charge is -2.13. The van der Waals surface area contributed by atoms with Gasteiger partial charge in [-0.2, -0.15) is 0 Å². The van der Waals surface area contributed by atoms with Crippen LogP contribution >= 0.6 is 15.9 Å². The van der Waals surface area contributed by atoms with E-state index in [4.69, 9.17) is 0 Å². The maximum absolute atomic E-state index is 3.51. The van der Waals surface area contributed by atoms with Crippen molar-refractivity contribution < 1.29 is 0 Å². The van der Waals surface area contributed by atoms with Crippen molar-refractivity contribution in [2.24, 2.45) is 0 Å². The van der Waals surface area contributed by atoms with Crippen LogP contribution in [0.25, 0.3) is 0 Å². The molecule has 0 atom stereocenters. The zero-order valence-electron chi connectivity index (χ0n) is 9.08. The van der Waals surface area contributed by atoms with E-state index in [1.54, 1.807) is 0 Å². The lowest BCUT2D eigenvalue weighted by molar-refractivity contribution is 0.334. The third-order valence-electron chi connectivity index (χ3n) is 3.03. The van der Waals surface area contributed by atoms with Crippen LogP contribution in [0.3, 0.4) is 0 Å². The molecule has 0 aliphatic carbocycles. The minimum Gasteiger partial charge on any atom is -0.303 e. The number of aryl methyl sites for hydroxylation is 1. The number of rotatable bonds is 4. The van der Waals surface area contributed by atoms with Crippen LogP contribution in [-0.2, 0) is 6.42 Å². The van der Waals surface area contributed by atoms with Gasteiger partial charge in [0.15, 0.2) is 0 Å². The molecular weight excluding hydrogens is 250 g/mol. The van der Waals surface area contributed by atoms with Gasteiger partial charge in [-0.15, -0.1) is 0 Å². The Hall–Kier alpha value is -0.340. The third-order valence-corrected chi connectivity index (χ3v) is 3.52. The Labute approximate surface area is 101 Å². The predicted molar refractivity (Wildman–Crippen MR) is 68.1 cm³/mol. The van der Waals surface area contributed by atoms with Gasteiger partial charge in [-0.1, -0.05) is 28.1 Å². The van der Waals surface area contributed by atoms with Gasteiger partial charge >= 0.3 is 0 Å². The van der Waals surface area contributed by atoms with Crippen LogP contribution in [-0.4, -0.2) is 24.5 Å². The highest BCUT2D eigenvalue weighted by Crippen LogP contribution is 2.14. The van der Waals surface area contributed by atoms with E-state index in [0.29, 0.717) is 0 Å². The molecule has 0 bridgehead atoms. The number of hydrogen-bond acceptors (Lipinski definition) is 1. The molecule has 1 fully saturated rings. The monoisotopic (exact) mass is 267 g/mol. The largest absolute Gasteiger partial charge is 0.303 e. The molecule has 1 aromatic carbocycles. The van der Waals surface area contributed by atoms with E-state index in [1.165, 1.54) is 55.4 Å². The van der Waals surface area contributed by atoms with Crippen molar-refractivity contribution in [1.82, 2.24) is 4.90 Å². The zero-order chi connectivity index (χ0) is 10.5. The summed E-state index contributed by atoms with van der Waals surface area (Å²) >= 11 is 3.51. The number of halogens is 1. The SMILES string of the molecule is Brc1cccc(CCCN2CCCC2)c1. The smallest absolute Gasteiger partial charge is 0.0177 e. The van der Waals surface area contributed by atoms with Gasteiger partial charge in [-0.05, 0) is 63.0 Å². The molecule has 0 unspecified atom stereocenters. The normalized spacial score (nSPS) is 17.1. The van der Waals surface area contributed by atoms with E-state index in [9.17, 15) is 0 Å². The average Bonchev–Trinajstić information content (AvgIpc) is 2.71. The second-order valence-corrected chi connectivity index (χ2v) is 5.20. The molecule has 15 heavy (non-hydrogen) atoms. The van der Waals surface area contributed by atoms with Gasteiger partial charge in [-0.3, -0.25) is 0 Å². The zero-order valence-corrected chi connectivity index (χ0v) is 10.7. The van der Waals surface area contributed by atoms with Gasteiger partial charge in [-0.25, -0.2) is 0 Å². The molecular formula is C13H18BrN. The summed E-state index contributed by atoms with van der Waals surface area (Å²) in [5, 5.41) is 0. The number of benzene rings is 1. The quantitative estimate of drug-likeness (QED) is 0.808. The van der Waals surface area contributed by atoms with Crippen molar-refractivity contribution in [3.8, 4) is 0 Å². The van der Waals surface area contributed by atoms with Gasteiger partial charge in [0.2, 0.25) is 0 Å². The molecule has 0 radical (unpaired) electrons. The first-order valence-corrected chi connectivity index (χ1v) is 6.61. The summed E-state index contributed by atoms with van der Waals surface area (Å²) in [7, 11) is 0. The summed E-state index contributed by atoms with van der Waals surface area (Å²) in [5.41, 5.74) is 1.45. The van der Waals surface area contributed by atoms with Crippen molar-refractivity contribution in [2.75, 3.05) is 19.6 Å². The lowest BCUT2D eigenvalue weighted by Crippen LogP contribution is -2.20. The molecule has 1 aliphatic rings. The van der Waals surface area contributed by atoms with E-state index in [2.05, 4.69) is 45.1 Å². The Kier molecular flexibility index (Phi) is 4.21. The Morgan fingerprint density at radius 2 is 2.00 bits per heavy atom. The number of likely N-dealkylation sites (tertiary alicyclic amines) is 1. The fourth-order valence-corrected chi connectivity index (χ4v) is 2.65. The first-order chi connectivity index (χ1) is 7.34. The third kappa shape index (κ3) is 3.62.